The lowest BCUT2D eigenvalue weighted by Gasteiger charge is -2.29. The molecule has 1 aromatic heterocycles. The molecule has 0 bridgehead atoms. The van der Waals surface area contributed by atoms with Gasteiger partial charge in [0.15, 0.2) is 0 Å². The van der Waals surface area contributed by atoms with Crippen LogP contribution in [0, 0.1) is 10.1 Å². The molecule has 0 amide bonds. The number of carboxylic acids is 1. The van der Waals surface area contributed by atoms with Crippen LogP contribution in [0.2, 0.25) is 0 Å². The summed E-state index contributed by atoms with van der Waals surface area (Å²) < 4.78 is 11.9. The molecule has 47 heavy (non-hydrogen) atoms. The lowest BCUT2D eigenvalue weighted by Crippen LogP contribution is -2.32. The second-order valence-corrected chi connectivity index (χ2v) is 11.7. The molecule has 246 valence electrons. The van der Waals surface area contributed by atoms with Crippen LogP contribution >= 0.6 is 0 Å². The Morgan fingerprint density at radius 1 is 1.04 bits per heavy atom. The van der Waals surface area contributed by atoms with Crippen LogP contribution < -0.4 is 5.32 Å². The third-order valence-corrected chi connectivity index (χ3v) is 7.98. The Hall–Kier alpha value is -5.09. The summed E-state index contributed by atoms with van der Waals surface area (Å²) in [7, 11) is 0. The first kappa shape index (κ1) is 34.8. The topological polar surface area (TPSA) is 141 Å². The Labute approximate surface area is 275 Å². The number of aromatic nitrogens is 1. The average molecular weight is 640 g/mol. The van der Waals surface area contributed by atoms with Crippen molar-refractivity contribution in [1.82, 2.24) is 10.3 Å². The molecule has 2 heterocycles. The number of carbonyl (C=O) groups excluding carboxylic acids is 1. The number of dihydropyridines is 1. The molecule has 1 aliphatic heterocycles. The summed E-state index contributed by atoms with van der Waals surface area (Å²) in [6.45, 7) is 7.82. The molecule has 0 spiro atoms. The van der Waals surface area contributed by atoms with Crippen LogP contribution in [0.3, 0.4) is 0 Å². The highest BCUT2D eigenvalue weighted by molar-refractivity contribution is 5.99. The monoisotopic (exact) mass is 639 g/mol. The molecule has 2 aromatic carbocycles. The van der Waals surface area contributed by atoms with E-state index in [1.165, 1.54) is 23.8 Å². The third kappa shape index (κ3) is 9.46. The van der Waals surface area contributed by atoms with Gasteiger partial charge < -0.3 is 19.9 Å². The van der Waals surface area contributed by atoms with Gasteiger partial charge in [0.2, 0.25) is 0 Å². The molecule has 3 aromatic rings. The maximum Gasteiger partial charge on any atom is 0.336 e. The largest absolute Gasteiger partial charge is 0.478 e. The minimum Gasteiger partial charge on any atom is -0.478 e. The van der Waals surface area contributed by atoms with Crippen molar-refractivity contribution in [3.05, 3.63) is 134 Å². The Kier molecular flexibility index (Phi) is 12.2. The fraction of sp³-hybridized carbons (Fsp3) is 0.324. The summed E-state index contributed by atoms with van der Waals surface area (Å²) in [5.41, 5.74) is 5.44. The number of nitrogens with zero attached hydrogens (tertiary/aromatic N) is 2. The fourth-order valence-electron chi connectivity index (χ4n) is 5.74. The molecule has 1 aliphatic rings. The molecule has 10 heteroatoms. The lowest BCUT2D eigenvalue weighted by atomic mass is 9.80. The number of rotatable bonds is 15. The molecule has 0 fully saturated rings. The first-order valence-corrected chi connectivity index (χ1v) is 15.7. The van der Waals surface area contributed by atoms with Crippen molar-refractivity contribution in [3.8, 4) is 0 Å². The lowest BCUT2D eigenvalue weighted by molar-refractivity contribution is -0.384. The number of ether oxygens (including phenoxy) is 2. The van der Waals surface area contributed by atoms with Gasteiger partial charge in [-0.25, -0.2) is 9.59 Å². The quantitative estimate of drug-likeness (QED) is 0.101. The molecule has 4 rings (SSSR count). The number of hydrogen-bond acceptors (Lipinski definition) is 8. The van der Waals surface area contributed by atoms with Crippen LogP contribution in [0.25, 0.3) is 6.08 Å². The molecular formula is C37H41N3O7. The van der Waals surface area contributed by atoms with E-state index >= 15 is 0 Å². The number of nitrogens with one attached hydrogen (secondary N) is 1. The van der Waals surface area contributed by atoms with E-state index < -0.39 is 22.8 Å². The first-order chi connectivity index (χ1) is 22.6. The summed E-state index contributed by atoms with van der Waals surface area (Å²) in [5, 5.41) is 24.5. The van der Waals surface area contributed by atoms with Gasteiger partial charge in [-0.05, 0) is 67.5 Å². The second-order valence-electron chi connectivity index (χ2n) is 11.7. The third-order valence-electron chi connectivity index (χ3n) is 7.98. The Morgan fingerprint density at radius 3 is 2.45 bits per heavy atom. The smallest absolute Gasteiger partial charge is 0.336 e. The number of aliphatic carboxylic acids is 1. The van der Waals surface area contributed by atoms with E-state index in [9.17, 15) is 24.8 Å². The molecule has 2 N–H and O–H groups in total. The highest BCUT2D eigenvalue weighted by Gasteiger charge is 2.37. The van der Waals surface area contributed by atoms with Crippen LogP contribution in [-0.2, 0) is 25.5 Å². The van der Waals surface area contributed by atoms with Crippen molar-refractivity contribution in [2.75, 3.05) is 13.2 Å². The van der Waals surface area contributed by atoms with Crippen molar-refractivity contribution < 1.29 is 29.1 Å². The number of nitro groups is 1. The van der Waals surface area contributed by atoms with Crippen molar-refractivity contribution in [1.29, 1.82) is 0 Å². The van der Waals surface area contributed by atoms with Crippen LogP contribution in [0.5, 0.6) is 0 Å². The van der Waals surface area contributed by atoms with Gasteiger partial charge >= 0.3 is 11.9 Å². The van der Waals surface area contributed by atoms with E-state index in [1.54, 1.807) is 26.1 Å². The summed E-state index contributed by atoms with van der Waals surface area (Å²) in [5.74, 6) is -2.96. The number of allylic oxidation sites excluding steroid dienone is 2. The van der Waals surface area contributed by atoms with Crippen molar-refractivity contribution in [2.45, 2.75) is 65.4 Å². The normalized spacial score (nSPS) is 15.7. The minimum absolute atomic E-state index is 0.0637. The molecule has 0 saturated carbocycles. The van der Waals surface area contributed by atoms with E-state index in [0.29, 0.717) is 30.0 Å². The molecule has 0 radical (unpaired) electrons. The number of benzene rings is 2. The number of nitro benzene ring substituents is 1. The van der Waals surface area contributed by atoms with E-state index in [1.807, 2.05) is 19.2 Å². The zero-order valence-corrected chi connectivity index (χ0v) is 27.2. The van der Waals surface area contributed by atoms with Gasteiger partial charge in [-0.3, -0.25) is 15.1 Å². The number of pyridine rings is 1. The van der Waals surface area contributed by atoms with Crippen LogP contribution in [0.1, 0.15) is 75.1 Å². The number of esters is 1. The van der Waals surface area contributed by atoms with Crippen LogP contribution in [-0.4, -0.2) is 46.3 Å². The summed E-state index contributed by atoms with van der Waals surface area (Å²) in [6.07, 6.45) is 8.52. The van der Waals surface area contributed by atoms with Crippen molar-refractivity contribution in [3.63, 3.8) is 0 Å². The zero-order chi connectivity index (χ0) is 33.9. The van der Waals surface area contributed by atoms with E-state index in [2.05, 4.69) is 53.6 Å². The first-order valence-electron chi connectivity index (χ1n) is 15.7. The molecule has 2 atom stereocenters. The molecule has 0 aliphatic carbocycles. The van der Waals surface area contributed by atoms with Gasteiger partial charge in [-0.1, -0.05) is 61.9 Å². The summed E-state index contributed by atoms with van der Waals surface area (Å²) in [6, 6.07) is 18.1. The predicted molar refractivity (Wildman–Crippen MR) is 179 cm³/mol. The summed E-state index contributed by atoms with van der Waals surface area (Å²) >= 11 is 0. The highest BCUT2D eigenvalue weighted by Crippen LogP contribution is 2.39. The zero-order valence-electron chi connectivity index (χ0n) is 27.2. The minimum atomic E-state index is -1.23. The van der Waals surface area contributed by atoms with E-state index in [0.717, 1.165) is 36.0 Å². The second kappa shape index (κ2) is 16.5. The average Bonchev–Trinajstić information content (AvgIpc) is 3.04. The number of hydrogen-bond donors (Lipinski definition) is 2. The standard InChI is InChI=1S/C37H41N3O7/c1-5-8-32(47-23-24(2)19-27-12-14-28(15-13-27)20-29-9-7-17-38-22-29)16-18-46-37(43)34-26(4)39-25(3)33(36(41)42)35(34)30-10-6-11-31(21-30)40(44)45/h6-7,9-15,17,19,21-22,32,35,39H,5,8,16,18,20,23H2,1-4H3,(H,41,42). The molecular weight excluding hydrogens is 598 g/mol. The van der Waals surface area contributed by atoms with E-state index in [-0.39, 0.29) is 29.5 Å². The maximum atomic E-state index is 13.5. The highest BCUT2D eigenvalue weighted by atomic mass is 16.6. The number of carbonyl (C=O) groups is 2. The number of non-ortho nitro benzene ring substituents is 1. The predicted octanol–water partition coefficient (Wildman–Crippen LogP) is 7.12. The fourth-order valence-corrected chi connectivity index (χ4v) is 5.74. The van der Waals surface area contributed by atoms with Gasteiger partial charge in [0, 0.05) is 42.3 Å². The SMILES string of the molecule is CCCC(CCOC(=O)C1=C(C)NC(C)=C(C(=O)O)C1c1cccc([N+](=O)[O-])c1)OCC(C)=Cc1ccc(Cc2cccnc2)cc1. The van der Waals surface area contributed by atoms with E-state index in [4.69, 9.17) is 9.47 Å². The Bertz CT molecular complexity index is 1680. The van der Waals surface area contributed by atoms with Gasteiger partial charge in [0.1, 0.15) is 0 Å². The van der Waals surface area contributed by atoms with Crippen molar-refractivity contribution in [2.24, 2.45) is 0 Å². The Balaban J connectivity index is 1.38. The van der Waals surface area contributed by atoms with Gasteiger partial charge in [0.05, 0.1) is 41.3 Å². The molecule has 2 unspecified atom stereocenters. The van der Waals surface area contributed by atoms with Gasteiger partial charge in [-0.2, -0.15) is 0 Å². The summed E-state index contributed by atoms with van der Waals surface area (Å²) in [4.78, 5) is 40.9. The molecule has 10 nitrogen and oxygen atoms in total. The number of carboxylic acid groups (broad SMARTS) is 1. The van der Waals surface area contributed by atoms with Crippen LogP contribution in [0.15, 0.2) is 101 Å². The Morgan fingerprint density at radius 2 is 1.79 bits per heavy atom. The van der Waals surface area contributed by atoms with Crippen molar-refractivity contribution >= 4 is 23.7 Å². The van der Waals surface area contributed by atoms with Crippen LogP contribution in [0.4, 0.5) is 5.69 Å². The van der Waals surface area contributed by atoms with Gasteiger partial charge in [0.25, 0.3) is 5.69 Å². The van der Waals surface area contributed by atoms with Gasteiger partial charge in [-0.15, -0.1) is 0 Å². The molecule has 0 saturated heterocycles. The maximum absolute atomic E-state index is 13.5.